The van der Waals surface area contributed by atoms with Gasteiger partial charge in [-0.05, 0) is 86.4 Å². The predicted molar refractivity (Wildman–Crippen MR) is 148 cm³/mol. The number of hydrogen-bond acceptors (Lipinski definition) is 5. The quantitative estimate of drug-likeness (QED) is 0.552. The van der Waals surface area contributed by atoms with Crippen molar-refractivity contribution in [1.29, 1.82) is 0 Å². The first kappa shape index (κ1) is 23.8. The largest absolute Gasteiger partial charge is 0.341 e. The van der Waals surface area contributed by atoms with E-state index in [1.165, 1.54) is 52.0 Å². The number of anilines is 2. The number of amides is 2. The number of benzene rings is 1. The molecule has 200 valence electrons. The summed E-state index contributed by atoms with van der Waals surface area (Å²) in [5.74, 6) is 1.69. The first-order chi connectivity index (χ1) is 18.6. The van der Waals surface area contributed by atoms with Crippen LogP contribution in [0.2, 0.25) is 0 Å². The van der Waals surface area contributed by atoms with Crippen LogP contribution in [0.15, 0.2) is 24.5 Å². The number of fused-ring (bicyclic) bond motifs is 2. The van der Waals surface area contributed by atoms with E-state index in [4.69, 9.17) is 5.10 Å². The molecule has 2 aromatic heterocycles. The van der Waals surface area contributed by atoms with Crippen LogP contribution in [0.3, 0.4) is 0 Å². The third kappa shape index (κ3) is 4.08. The van der Waals surface area contributed by atoms with Crippen molar-refractivity contribution < 1.29 is 4.79 Å². The Kier molecular flexibility index (Phi) is 5.91. The van der Waals surface area contributed by atoms with Crippen molar-refractivity contribution in [3.8, 4) is 11.1 Å². The molecular weight excluding hydrogens is 476 g/mol. The monoisotopic (exact) mass is 514 g/mol. The highest BCUT2D eigenvalue weighted by atomic mass is 16.2. The van der Waals surface area contributed by atoms with Crippen molar-refractivity contribution in [3.63, 3.8) is 0 Å². The van der Waals surface area contributed by atoms with Crippen LogP contribution < -0.4 is 15.5 Å². The lowest BCUT2D eigenvalue weighted by molar-refractivity contribution is 0.193. The molecule has 3 aromatic rings. The molecule has 38 heavy (non-hydrogen) atoms. The maximum atomic E-state index is 12.6. The second kappa shape index (κ2) is 9.45. The number of aryl methyl sites for hydroxylation is 2. The summed E-state index contributed by atoms with van der Waals surface area (Å²) in [7, 11) is 3.71. The molecule has 9 nitrogen and oxygen atoms in total. The van der Waals surface area contributed by atoms with Gasteiger partial charge in [-0.25, -0.2) is 4.79 Å². The smallest absolute Gasteiger partial charge is 0.317 e. The second-order valence-corrected chi connectivity index (χ2v) is 11.4. The van der Waals surface area contributed by atoms with Gasteiger partial charge in [-0.1, -0.05) is 0 Å². The highest BCUT2D eigenvalue weighted by molar-refractivity contribution is 5.78. The Labute approximate surface area is 224 Å². The van der Waals surface area contributed by atoms with Crippen LogP contribution in [0, 0.1) is 0 Å². The number of carbonyl (C=O) groups excluding carboxylic acids is 1. The van der Waals surface area contributed by atoms with Crippen LogP contribution in [0.25, 0.3) is 11.1 Å². The summed E-state index contributed by atoms with van der Waals surface area (Å²) in [6, 6.07) is 5.31. The van der Waals surface area contributed by atoms with Gasteiger partial charge in [0, 0.05) is 62.3 Å². The fourth-order valence-electron chi connectivity index (χ4n) is 6.74. The summed E-state index contributed by atoms with van der Waals surface area (Å²) in [5, 5.41) is 16.2. The molecule has 1 saturated carbocycles. The van der Waals surface area contributed by atoms with Gasteiger partial charge in [-0.15, -0.1) is 0 Å². The molecule has 1 aromatic carbocycles. The molecule has 2 amide bonds. The van der Waals surface area contributed by atoms with Crippen LogP contribution in [0.1, 0.15) is 66.4 Å². The number of urea groups is 1. The Morgan fingerprint density at radius 3 is 2.68 bits per heavy atom. The van der Waals surface area contributed by atoms with Crippen molar-refractivity contribution >= 4 is 17.5 Å². The van der Waals surface area contributed by atoms with E-state index in [1.54, 1.807) is 7.05 Å². The number of hydrogen-bond donors (Lipinski definition) is 2. The van der Waals surface area contributed by atoms with Crippen molar-refractivity contribution in [1.82, 2.24) is 35.1 Å². The standard InChI is InChI=1S/C29H38N8O/c1-30-29(38)35-13-9-26-25(18-35)28(33-37(26)22-7-10-31-11-8-22)36-12-3-4-20-14-23(21-16-32-34(2)17-21)24(15-27(20)36)19-5-6-19/h14-17,19,22,31H,3-13,18H2,1-2H3,(H,30,38). The lowest BCUT2D eigenvalue weighted by atomic mass is 9.91. The molecule has 2 fully saturated rings. The van der Waals surface area contributed by atoms with Crippen LogP contribution in [-0.2, 0) is 26.4 Å². The predicted octanol–water partition coefficient (Wildman–Crippen LogP) is 3.87. The van der Waals surface area contributed by atoms with E-state index in [9.17, 15) is 4.79 Å². The SMILES string of the molecule is CNC(=O)N1CCc2c(c(N3CCCc4cc(-c5cnn(C)c5)c(C5CC5)cc43)nn2C2CCNCC2)C1. The van der Waals surface area contributed by atoms with Gasteiger partial charge in [0.15, 0.2) is 5.82 Å². The average molecular weight is 515 g/mol. The van der Waals surface area contributed by atoms with Gasteiger partial charge in [0.2, 0.25) is 0 Å². The number of nitrogens with one attached hydrogen (secondary N) is 2. The van der Waals surface area contributed by atoms with Crippen molar-refractivity contribution in [2.75, 3.05) is 38.1 Å². The van der Waals surface area contributed by atoms with E-state index < -0.39 is 0 Å². The molecular formula is C29H38N8O. The first-order valence-corrected chi connectivity index (χ1v) is 14.3. The zero-order valence-electron chi connectivity index (χ0n) is 22.5. The third-order valence-corrected chi connectivity index (χ3v) is 8.88. The Bertz CT molecular complexity index is 1360. The molecule has 0 spiro atoms. The van der Waals surface area contributed by atoms with Crippen LogP contribution in [0.5, 0.6) is 0 Å². The Balaban J connectivity index is 1.33. The van der Waals surface area contributed by atoms with Gasteiger partial charge < -0.3 is 20.4 Å². The van der Waals surface area contributed by atoms with E-state index in [0.717, 1.165) is 64.1 Å². The fraction of sp³-hybridized carbons (Fsp3) is 0.552. The summed E-state index contributed by atoms with van der Waals surface area (Å²) >= 11 is 0. The van der Waals surface area contributed by atoms with Crippen LogP contribution >= 0.6 is 0 Å². The van der Waals surface area contributed by atoms with Crippen molar-refractivity contribution in [2.24, 2.45) is 7.05 Å². The highest BCUT2D eigenvalue weighted by Crippen LogP contribution is 2.48. The first-order valence-electron chi connectivity index (χ1n) is 14.3. The van der Waals surface area contributed by atoms with Gasteiger partial charge in [0.05, 0.1) is 18.8 Å². The molecule has 0 bridgehead atoms. The highest BCUT2D eigenvalue weighted by Gasteiger charge is 2.35. The molecule has 0 unspecified atom stereocenters. The number of rotatable bonds is 4. The van der Waals surface area contributed by atoms with E-state index in [0.29, 0.717) is 18.5 Å². The summed E-state index contributed by atoms with van der Waals surface area (Å²) in [6.45, 7) is 4.38. The molecule has 9 heteroatoms. The average Bonchev–Trinajstić information content (AvgIpc) is 3.61. The van der Waals surface area contributed by atoms with E-state index in [1.807, 2.05) is 22.8 Å². The van der Waals surface area contributed by atoms with Gasteiger partial charge in [-0.3, -0.25) is 9.36 Å². The molecule has 0 atom stereocenters. The lowest BCUT2D eigenvalue weighted by Crippen LogP contribution is -2.42. The second-order valence-electron chi connectivity index (χ2n) is 11.4. The minimum Gasteiger partial charge on any atom is -0.341 e. The lowest BCUT2D eigenvalue weighted by Gasteiger charge is -2.33. The number of nitrogens with zero attached hydrogens (tertiary/aromatic N) is 6. The maximum Gasteiger partial charge on any atom is 0.317 e. The van der Waals surface area contributed by atoms with Crippen LogP contribution in [0.4, 0.5) is 16.3 Å². The zero-order valence-corrected chi connectivity index (χ0v) is 22.5. The van der Waals surface area contributed by atoms with E-state index >= 15 is 0 Å². The van der Waals surface area contributed by atoms with Crippen molar-refractivity contribution in [2.45, 2.75) is 63.5 Å². The Hall–Kier alpha value is -3.33. The van der Waals surface area contributed by atoms with Crippen LogP contribution in [-0.4, -0.2) is 63.7 Å². The molecule has 0 radical (unpaired) electrons. The number of piperidine rings is 1. The number of carbonyl (C=O) groups is 1. The minimum absolute atomic E-state index is 0.00704. The fourth-order valence-corrected chi connectivity index (χ4v) is 6.74. The minimum atomic E-state index is -0.00704. The molecule has 7 rings (SSSR count). The van der Waals surface area contributed by atoms with Gasteiger partial charge in [-0.2, -0.15) is 10.2 Å². The molecule has 3 aliphatic heterocycles. The topological polar surface area (TPSA) is 83.2 Å². The third-order valence-electron chi connectivity index (χ3n) is 8.88. The number of aromatic nitrogens is 4. The molecule has 1 saturated heterocycles. The summed E-state index contributed by atoms with van der Waals surface area (Å²) in [4.78, 5) is 17.0. The molecule has 4 aliphatic rings. The molecule has 5 heterocycles. The Morgan fingerprint density at radius 1 is 1.11 bits per heavy atom. The van der Waals surface area contributed by atoms with Crippen molar-refractivity contribution in [3.05, 3.63) is 46.9 Å². The Morgan fingerprint density at radius 2 is 1.95 bits per heavy atom. The van der Waals surface area contributed by atoms with E-state index in [2.05, 4.69) is 43.6 Å². The summed E-state index contributed by atoms with van der Waals surface area (Å²) in [5.41, 5.74) is 9.26. The maximum absolute atomic E-state index is 12.6. The normalized spacial score (nSPS) is 19.8. The van der Waals surface area contributed by atoms with Gasteiger partial charge in [0.25, 0.3) is 0 Å². The van der Waals surface area contributed by atoms with Gasteiger partial charge in [0.1, 0.15) is 0 Å². The summed E-state index contributed by atoms with van der Waals surface area (Å²) in [6.07, 6.45) is 11.9. The van der Waals surface area contributed by atoms with E-state index in [-0.39, 0.29) is 6.03 Å². The molecule has 2 N–H and O–H groups in total. The summed E-state index contributed by atoms with van der Waals surface area (Å²) < 4.78 is 4.24. The van der Waals surface area contributed by atoms with Gasteiger partial charge >= 0.3 is 6.03 Å². The molecule has 1 aliphatic carbocycles. The zero-order chi connectivity index (χ0) is 25.8.